The van der Waals surface area contributed by atoms with Crippen LogP contribution in [-0.4, -0.2) is 16.0 Å². The molecule has 0 unspecified atom stereocenters. The lowest BCUT2D eigenvalue weighted by molar-refractivity contribution is 0.338. The molecule has 2 heterocycles. The van der Waals surface area contributed by atoms with Crippen LogP contribution in [0, 0.1) is 0 Å². The Labute approximate surface area is 112 Å². The Kier molecular flexibility index (Phi) is 2.98. The summed E-state index contributed by atoms with van der Waals surface area (Å²) < 4.78 is 1.12. The van der Waals surface area contributed by atoms with E-state index < -0.39 is 0 Å². The summed E-state index contributed by atoms with van der Waals surface area (Å²) in [5.41, 5.74) is 6.80. The maximum atomic E-state index is 5.80. The Morgan fingerprint density at radius 3 is 2.76 bits per heavy atom. The molecule has 1 aliphatic rings. The molecule has 3 nitrogen and oxygen atoms in total. The zero-order valence-corrected chi connectivity index (χ0v) is 11.5. The van der Waals surface area contributed by atoms with Gasteiger partial charge in [-0.05, 0) is 47.0 Å². The van der Waals surface area contributed by atoms with Gasteiger partial charge in [-0.25, -0.2) is 9.97 Å². The molecule has 2 aromatic heterocycles. The average Bonchev–Trinajstić information content (AvgIpc) is 2.72. The van der Waals surface area contributed by atoms with E-state index in [1.165, 1.54) is 4.88 Å². The fourth-order valence-corrected chi connectivity index (χ4v) is 3.39. The predicted molar refractivity (Wildman–Crippen MR) is 73.0 cm³/mol. The Morgan fingerprint density at radius 2 is 2.12 bits per heavy atom. The third-order valence-corrected chi connectivity index (χ3v) is 4.69. The van der Waals surface area contributed by atoms with E-state index in [9.17, 15) is 0 Å². The minimum absolute atomic E-state index is 0.336. The number of nitrogens with zero attached hydrogens (tertiary/aromatic N) is 2. The topological polar surface area (TPSA) is 51.8 Å². The van der Waals surface area contributed by atoms with Crippen molar-refractivity contribution >= 4 is 27.3 Å². The fourth-order valence-electron chi connectivity index (χ4n) is 2.03. The van der Waals surface area contributed by atoms with Crippen LogP contribution in [0.5, 0.6) is 0 Å². The first kappa shape index (κ1) is 11.3. The lowest BCUT2D eigenvalue weighted by atomic mass is 9.80. The molecule has 0 amide bonds. The van der Waals surface area contributed by atoms with Gasteiger partial charge in [-0.3, -0.25) is 0 Å². The molecule has 1 fully saturated rings. The van der Waals surface area contributed by atoms with Gasteiger partial charge in [0, 0.05) is 18.2 Å². The van der Waals surface area contributed by atoms with E-state index in [0.717, 1.165) is 28.1 Å². The summed E-state index contributed by atoms with van der Waals surface area (Å²) in [5.74, 6) is 1.39. The second-order valence-electron chi connectivity index (χ2n) is 4.33. The van der Waals surface area contributed by atoms with Crippen molar-refractivity contribution in [1.82, 2.24) is 9.97 Å². The van der Waals surface area contributed by atoms with Crippen LogP contribution in [0.1, 0.15) is 24.6 Å². The molecule has 17 heavy (non-hydrogen) atoms. The van der Waals surface area contributed by atoms with Crippen LogP contribution in [0.25, 0.3) is 10.6 Å². The van der Waals surface area contributed by atoms with Crippen LogP contribution in [0.4, 0.5) is 0 Å². The van der Waals surface area contributed by atoms with Crippen molar-refractivity contribution in [3.63, 3.8) is 0 Å². The quantitative estimate of drug-likeness (QED) is 0.927. The van der Waals surface area contributed by atoms with Gasteiger partial charge in [0.25, 0.3) is 0 Å². The molecule has 88 valence electrons. The monoisotopic (exact) mass is 309 g/mol. The van der Waals surface area contributed by atoms with E-state index >= 15 is 0 Å². The number of nitrogens with two attached hydrogens (primary N) is 1. The molecule has 2 aromatic rings. The molecule has 5 heteroatoms. The van der Waals surface area contributed by atoms with Gasteiger partial charge in [0.2, 0.25) is 0 Å². The van der Waals surface area contributed by atoms with Crippen molar-refractivity contribution in [3.8, 4) is 10.6 Å². The largest absolute Gasteiger partial charge is 0.328 e. The van der Waals surface area contributed by atoms with Crippen LogP contribution in [0.15, 0.2) is 28.2 Å². The average molecular weight is 310 g/mol. The van der Waals surface area contributed by atoms with Crippen LogP contribution in [-0.2, 0) is 0 Å². The van der Waals surface area contributed by atoms with Crippen molar-refractivity contribution in [1.29, 1.82) is 0 Å². The number of halogens is 1. The number of thiophene rings is 1. The van der Waals surface area contributed by atoms with E-state index in [2.05, 4.69) is 32.0 Å². The minimum atomic E-state index is 0.336. The standard InChI is InChI=1S/C12H12BrN3S/c13-11-2-1-10(17-11)9-3-4-15-12(16-9)7-5-8(14)6-7/h1-4,7-8H,5-6,14H2. The minimum Gasteiger partial charge on any atom is -0.328 e. The van der Waals surface area contributed by atoms with E-state index in [-0.39, 0.29) is 0 Å². The van der Waals surface area contributed by atoms with Crippen molar-refractivity contribution in [2.45, 2.75) is 24.8 Å². The number of rotatable bonds is 2. The molecule has 2 N–H and O–H groups in total. The van der Waals surface area contributed by atoms with E-state index in [0.29, 0.717) is 12.0 Å². The maximum Gasteiger partial charge on any atom is 0.132 e. The molecule has 0 atom stereocenters. The number of hydrogen-bond acceptors (Lipinski definition) is 4. The van der Waals surface area contributed by atoms with Crippen molar-refractivity contribution < 1.29 is 0 Å². The molecular formula is C12H12BrN3S. The molecule has 0 aliphatic heterocycles. The summed E-state index contributed by atoms with van der Waals surface area (Å²) in [6.07, 6.45) is 3.87. The highest BCUT2D eigenvalue weighted by Crippen LogP contribution is 2.35. The van der Waals surface area contributed by atoms with Gasteiger partial charge in [-0.2, -0.15) is 0 Å². The van der Waals surface area contributed by atoms with E-state index in [1.54, 1.807) is 11.3 Å². The third-order valence-electron chi connectivity index (χ3n) is 3.04. The lowest BCUT2D eigenvalue weighted by Crippen LogP contribution is -2.35. The molecule has 0 spiro atoms. The van der Waals surface area contributed by atoms with Gasteiger partial charge < -0.3 is 5.73 Å². The molecular weight excluding hydrogens is 298 g/mol. The first-order valence-corrected chi connectivity index (χ1v) is 7.17. The van der Waals surface area contributed by atoms with Crippen molar-refractivity contribution in [2.75, 3.05) is 0 Å². The fraction of sp³-hybridized carbons (Fsp3) is 0.333. The summed E-state index contributed by atoms with van der Waals surface area (Å²) in [4.78, 5) is 10.2. The molecule has 1 aliphatic carbocycles. The molecule has 0 saturated heterocycles. The van der Waals surface area contributed by atoms with Gasteiger partial charge >= 0.3 is 0 Å². The summed E-state index contributed by atoms with van der Waals surface area (Å²) in [5, 5.41) is 0. The first-order chi connectivity index (χ1) is 8.22. The van der Waals surface area contributed by atoms with Gasteiger partial charge in [0.1, 0.15) is 5.82 Å². The Hall–Kier alpha value is -0.780. The lowest BCUT2D eigenvalue weighted by Gasteiger charge is -2.31. The SMILES string of the molecule is NC1CC(c2nccc(-c3ccc(Br)s3)n2)C1. The summed E-state index contributed by atoms with van der Waals surface area (Å²) in [7, 11) is 0. The Morgan fingerprint density at radius 1 is 1.29 bits per heavy atom. The van der Waals surface area contributed by atoms with Crippen LogP contribution < -0.4 is 5.73 Å². The highest BCUT2D eigenvalue weighted by molar-refractivity contribution is 9.11. The maximum absolute atomic E-state index is 5.80. The molecule has 0 radical (unpaired) electrons. The van der Waals surface area contributed by atoms with Gasteiger partial charge in [-0.15, -0.1) is 11.3 Å². The first-order valence-electron chi connectivity index (χ1n) is 5.56. The van der Waals surface area contributed by atoms with E-state index in [4.69, 9.17) is 5.73 Å². The Balaban J connectivity index is 1.89. The summed E-state index contributed by atoms with van der Waals surface area (Å²) in [6.45, 7) is 0. The van der Waals surface area contributed by atoms with Gasteiger partial charge in [-0.1, -0.05) is 0 Å². The third kappa shape index (κ3) is 2.27. The zero-order valence-electron chi connectivity index (χ0n) is 9.14. The molecule has 3 rings (SSSR count). The highest BCUT2D eigenvalue weighted by atomic mass is 79.9. The smallest absolute Gasteiger partial charge is 0.132 e. The van der Waals surface area contributed by atoms with Gasteiger partial charge in [0.15, 0.2) is 0 Å². The molecule has 0 bridgehead atoms. The van der Waals surface area contributed by atoms with Crippen LogP contribution in [0.3, 0.4) is 0 Å². The molecule has 1 saturated carbocycles. The molecule has 0 aromatic carbocycles. The van der Waals surface area contributed by atoms with E-state index in [1.807, 2.05) is 18.3 Å². The summed E-state index contributed by atoms with van der Waals surface area (Å²) >= 11 is 5.16. The summed E-state index contributed by atoms with van der Waals surface area (Å²) in [6, 6.07) is 6.41. The van der Waals surface area contributed by atoms with Crippen LogP contribution >= 0.6 is 27.3 Å². The van der Waals surface area contributed by atoms with Crippen molar-refractivity contribution in [2.24, 2.45) is 5.73 Å². The van der Waals surface area contributed by atoms with Crippen LogP contribution in [0.2, 0.25) is 0 Å². The second kappa shape index (κ2) is 4.48. The zero-order chi connectivity index (χ0) is 11.8. The Bertz CT molecular complexity index is 534. The van der Waals surface area contributed by atoms with Gasteiger partial charge in [0.05, 0.1) is 14.4 Å². The number of hydrogen-bond donors (Lipinski definition) is 1. The van der Waals surface area contributed by atoms with Crippen molar-refractivity contribution in [3.05, 3.63) is 34.0 Å². The highest BCUT2D eigenvalue weighted by Gasteiger charge is 2.29. The number of aromatic nitrogens is 2. The predicted octanol–water partition coefficient (Wildman–Crippen LogP) is 3.17. The normalized spacial score (nSPS) is 23.4. The second-order valence-corrected chi connectivity index (χ2v) is 6.80.